The van der Waals surface area contributed by atoms with E-state index < -0.39 is 16.0 Å². The van der Waals surface area contributed by atoms with Crippen molar-refractivity contribution in [1.29, 1.82) is 0 Å². The Labute approximate surface area is 85.8 Å². The van der Waals surface area contributed by atoms with E-state index in [2.05, 4.69) is 4.98 Å². The Hall–Kier alpha value is -1.80. The zero-order chi connectivity index (χ0) is 11.0. The van der Waals surface area contributed by atoms with Crippen LogP contribution in [0.3, 0.4) is 0 Å². The van der Waals surface area contributed by atoms with Crippen LogP contribution >= 0.6 is 0 Å². The van der Waals surface area contributed by atoms with Gasteiger partial charge in [-0.2, -0.15) is 0 Å². The molecule has 0 amide bonds. The zero-order valence-corrected chi connectivity index (χ0v) is 8.05. The van der Waals surface area contributed by atoms with Crippen LogP contribution < -0.4 is 0 Å². The van der Waals surface area contributed by atoms with E-state index in [-0.39, 0.29) is 10.7 Å². The molecule has 0 saturated heterocycles. The predicted molar refractivity (Wildman–Crippen MR) is 50.9 cm³/mol. The van der Waals surface area contributed by atoms with Crippen molar-refractivity contribution in [2.75, 3.05) is 0 Å². The summed E-state index contributed by atoms with van der Waals surface area (Å²) >= 11 is -2.22. The lowest BCUT2D eigenvalue weighted by Gasteiger charge is -1.96. The molecule has 78 valence electrons. The summed E-state index contributed by atoms with van der Waals surface area (Å²) in [7, 11) is 0. The summed E-state index contributed by atoms with van der Waals surface area (Å²) in [4.78, 5) is 13.7. The first kappa shape index (κ1) is 9.74. The highest BCUT2D eigenvalue weighted by Crippen LogP contribution is 2.15. The number of hydrogen-bond donors (Lipinski definition) is 1. The summed E-state index contributed by atoms with van der Waals surface area (Å²) in [6.07, 6.45) is 2.36. The van der Waals surface area contributed by atoms with Gasteiger partial charge in [-0.1, -0.05) is 0 Å². The van der Waals surface area contributed by atoms with Gasteiger partial charge in [0.2, 0.25) is 11.1 Å². The van der Waals surface area contributed by atoms with Crippen LogP contribution in [0.25, 0.3) is 5.65 Å². The average Bonchev–Trinajstić information content (AvgIpc) is 2.59. The molecule has 0 spiro atoms. The Balaban J connectivity index is 2.72. The Morgan fingerprint density at radius 1 is 1.53 bits per heavy atom. The van der Waals surface area contributed by atoms with Crippen LogP contribution in [0.4, 0.5) is 5.69 Å². The van der Waals surface area contributed by atoms with Crippen molar-refractivity contribution >= 4 is 22.4 Å². The molecule has 1 unspecified atom stereocenters. The fraction of sp³-hybridized carbons (Fsp3) is 0. The number of hydrogen-bond acceptors (Lipinski definition) is 4. The Kier molecular flexibility index (Phi) is 2.21. The molecule has 2 rings (SSSR count). The maximum absolute atomic E-state index is 10.8. The second-order valence-electron chi connectivity index (χ2n) is 2.72. The van der Waals surface area contributed by atoms with Crippen LogP contribution in [-0.2, 0) is 11.1 Å². The van der Waals surface area contributed by atoms with E-state index in [4.69, 9.17) is 4.55 Å². The molecule has 2 aromatic rings. The van der Waals surface area contributed by atoms with Crippen LogP contribution in [0.5, 0.6) is 0 Å². The first-order chi connectivity index (χ1) is 7.09. The largest absolute Gasteiger partial charge is 0.301 e. The van der Waals surface area contributed by atoms with Crippen LogP contribution in [0, 0.1) is 10.1 Å². The van der Waals surface area contributed by atoms with Gasteiger partial charge in [-0.05, 0) is 6.07 Å². The SMILES string of the molecule is O=[N+]([O-])c1ccc2ncc(S(=O)O)n2c1. The molecule has 0 bridgehead atoms. The summed E-state index contributed by atoms with van der Waals surface area (Å²) in [5, 5.41) is 10.5. The predicted octanol–water partition coefficient (Wildman–Crippen LogP) is 0.823. The third-order valence-corrected chi connectivity index (χ3v) is 2.51. The molecular formula is C7H5N3O4S. The van der Waals surface area contributed by atoms with Gasteiger partial charge < -0.3 is 4.55 Å². The van der Waals surface area contributed by atoms with Crippen LogP contribution in [0.1, 0.15) is 0 Å². The van der Waals surface area contributed by atoms with Crippen molar-refractivity contribution < 1.29 is 13.7 Å². The minimum Gasteiger partial charge on any atom is -0.301 e. The first-order valence-corrected chi connectivity index (χ1v) is 4.92. The molecule has 1 N–H and O–H groups in total. The van der Waals surface area contributed by atoms with E-state index in [1.54, 1.807) is 0 Å². The van der Waals surface area contributed by atoms with Crippen LogP contribution in [0.15, 0.2) is 29.6 Å². The Bertz CT molecular complexity index is 564. The molecule has 8 heteroatoms. The van der Waals surface area contributed by atoms with E-state index >= 15 is 0 Å². The quantitative estimate of drug-likeness (QED) is 0.465. The van der Waals surface area contributed by atoms with Crippen molar-refractivity contribution in [3.8, 4) is 0 Å². The lowest BCUT2D eigenvalue weighted by Crippen LogP contribution is -1.97. The Morgan fingerprint density at radius 3 is 2.87 bits per heavy atom. The fourth-order valence-electron chi connectivity index (χ4n) is 1.18. The van der Waals surface area contributed by atoms with Crippen LogP contribution in [0.2, 0.25) is 0 Å². The monoisotopic (exact) mass is 227 g/mol. The number of aromatic nitrogens is 2. The van der Waals surface area contributed by atoms with Gasteiger partial charge in [0, 0.05) is 6.07 Å². The summed E-state index contributed by atoms with van der Waals surface area (Å²) in [5.41, 5.74) is 0.227. The van der Waals surface area contributed by atoms with Crippen molar-refractivity contribution in [3.63, 3.8) is 0 Å². The van der Waals surface area contributed by atoms with E-state index in [9.17, 15) is 14.3 Å². The van der Waals surface area contributed by atoms with Gasteiger partial charge in [0.15, 0.2) is 5.03 Å². The lowest BCUT2D eigenvalue weighted by atomic mass is 10.4. The van der Waals surface area contributed by atoms with Crippen molar-refractivity contribution in [2.24, 2.45) is 0 Å². The maximum atomic E-state index is 10.8. The second kappa shape index (κ2) is 3.41. The van der Waals surface area contributed by atoms with Gasteiger partial charge in [0.05, 0.1) is 17.3 Å². The molecule has 7 nitrogen and oxygen atoms in total. The molecule has 2 aromatic heterocycles. The van der Waals surface area contributed by atoms with E-state index in [1.807, 2.05) is 0 Å². The number of nitro groups is 1. The molecular weight excluding hydrogens is 222 g/mol. The highest BCUT2D eigenvalue weighted by molar-refractivity contribution is 7.79. The lowest BCUT2D eigenvalue weighted by molar-refractivity contribution is -0.385. The topological polar surface area (TPSA) is 97.7 Å². The number of pyridine rings is 1. The van der Waals surface area contributed by atoms with Gasteiger partial charge in [0.25, 0.3) is 5.69 Å². The van der Waals surface area contributed by atoms with Gasteiger partial charge >= 0.3 is 0 Å². The highest BCUT2D eigenvalue weighted by atomic mass is 32.2. The molecule has 0 radical (unpaired) electrons. The summed E-state index contributed by atoms with van der Waals surface area (Å²) in [5.74, 6) is 0. The summed E-state index contributed by atoms with van der Waals surface area (Å²) in [6, 6.07) is 2.70. The number of imidazole rings is 1. The van der Waals surface area contributed by atoms with Crippen molar-refractivity contribution in [2.45, 2.75) is 5.03 Å². The highest BCUT2D eigenvalue weighted by Gasteiger charge is 2.12. The van der Waals surface area contributed by atoms with Gasteiger partial charge in [-0.25, -0.2) is 9.19 Å². The average molecular weight is 227 g/mol. The number of rotatable bonds is 2. The van der Waals surface area contributed by atoms with E-state index in [0.29, 0.717) is 5.65 Å². The summed E-state index contributed by atoms with van der Waals surface area (Å²) in [6.45, 7) is 0. The third-order valence-electron chi connectivity index (χ3n) is 1.85. The Morgan fingerprint density at radius 2 is 2.27 bits per heavy atom. The molecule has 0 aliphatic heterocycles. The van der Waals surface area contributed by atoms with Gasteiger partial charge in [-0.3, -0.25) is 14.5 Å². The molecule has 0 aliphatic carbocycles. The van der Waals surface area contributed by atoms with Crippen LogP contribution in [-0.4, -0.2) is 23.1 Å². The van der Waals surface area contributed by atoms with E-state index in [1.165, 1.54) is 22.7 Å². The third kappa shape index (κ3) is 1.60. The minimum atomic E-state index is -2.22. The second-order valence-corrected chi connectivity index (χ2v) is 3.63. The van der Waals surface area contributed by atoms with E-state index in [0.717, 1.165) is 6.20 Å². The van der Waals surface area contributed by atoms with Gasteiger partial charge in [-0.15, -0.1) is 0 Å². The standard InChI is InChI=1S/C7H5N3O4S/c11-10(12)5-1-2-6-8-3-7(15(13)14)9(6)4-5/h1-4H,(H,13,14). The molecule has 0 aromatic carbocycles. The first-order valence-electron chi connectivity index (χ1n) is 3.82. The number of fused-ring (bicyclic) bond motifs is 1. The minimum absolute atomic E-state index is 0.00806. The molecule has 0 aliphatic rings. The smallest absolute Gasteiger partial charge is 0.286 e. The molecule has 1 atom stereocenters. The molecule has 2 heterocycles. The fourth-order valence-corrected chi connectivity index (χ4v) is 1.64. The molecule has 15 heavy (non-hydrogen) atoms. The van der Waals surface area contributed by atoms with Crippen molar-refractivity contribution in [3.05, 3.63) is 34.6 Å². The maximum Gasteiger partial charge on any atom is 0.286 e. The van der Waals surface area contributed by atoms with Gasteiger partial charge in [0.1, 0.15) is 5.65 Å². The summed E-state index contributed by atoms with van der Waals surface area (Å²) < 4.78 is 20.9. The molecule has 0 saturated carbocycles. The number of nitrogens with zero attached hydrogens (tertiary/aromatic N) is 3. The molecule has 0 fully saturated rings. The zero-order valence-electron chi connectivity index (χ0n) is 7.23. The normalized spacial score (nSPS) is 12.9. The van der Waals surface area contributed by atoms with Crippen molar-refractivity contribution in [1.82, 2.24) is 9.38 Å².